The van der Waals surface area contributed by atoms with Crippen molar-refractivity contribution in [2.24, 2.45) is 4.99 Å². The topological polar surface area (TPSA) is 60.7 Å². The lowest BCUT2D eigenvalue weighted by molar-refractivity contribution is -0.139. The predicted molar refractivity (Wildman–Crippen MR) is 124 cm³/mol. The Bertz CT molecular complexity index is 1270. The summed E-state index contributed by atoms with van der Waals surface area (Å²) in [7, 11) is 0. The number of hydrogen-bond donors (Lipinski definition) is 0. The van der Waals surface area contributed by atoms with Crippen molar-refractivity contribution in [3.05, 3.63) is 86.7 Å². The van der Waals surface area contributed by atoms with Crippen LogP contribution in [0.5, 0.6) is 0 Å². The van der Waals surface area contributed by atoms with Gasteiger partial charge in [-0.1, -0.05) is 29.5 Å². The van der Waals surface area contributed by atoms with Gasteiger partial charge < -0.3 is 4.74 Å². The highest BCUT2D eigenvalue weighted by molar-refractivity contribution is 14.1. The minimum absolute atomic E-state index is 0.153. The van der Waals surface area contributed by atoms with E-state index < -0.39 is 12.0 Å². The molecule has 0 fully saturated rings. The summed E-state index contributed by atoms with van der Waals surface area (Å²) in [4.78, 5) is 32.1. The number of halogens is 1. The van der Waals surface area contributed by atoms with Crippen molar-refractivity contribution in [2.75, 3.05) is 6.61 Å². The Labute approximate surface area is 188 Å². The van der Waals surface area contributed by atoms with Crippen LogP contribution in [0.3, 0.4) is 0 Å². The van der Waals surface area contributed by atoms with Crippen LogP contribution in [0.2, 0.25) is 0 Å². The first-order valence-corrected chi connectivity index (χ1v) is 11.8. The number of ether oxygens (including phenoxy) is 1. The number of carbonyl (C=O) groups is 1. The molecule has 0 bridgehead atoms. The zero-order valence-electron chi connectivity index (χ0n) is 15.7. The van der Waals surface area contributed by atoms with Gasteiger partial charge in [-0.15, -0.1) is 11.3 Å². The molecular formula is C21H17IN2O3S2. The number of hydrogen-bond acceptors (Lipinski definition) is 6. The molecule has 1 aliphatic rings. The summed E-state index contributed by atoms with van der Waals surface area (Å²) < 4.78 is 8.62. The van der Waals surface area contributed by atoms with Gasteiger partial charge in [0.2, 0.25) is 0 Å². The van der Waals surface area contributed by atoms with Crippen LogP contribution in [0.15, 0.2) is 62.8 Å². The average molecular weight is 536 g/mol. The maximum absolute atomic E-state index is 13.3. The summed E-state index contributed by atoms with van der Waals surface area (Å²) in [6.45, 7) is 3.83. The van der Waals surface area contributed by atoms with Gasteiger partial charge in [0.05, 0.1) is 22.4 Å². The number of fused-ring (bicyclic) bond motifs is 1. The van der Waals surface area contributed by atoms with Gasteiger partial charge >= 0.3 is 5.97 Å². The summed E-state index contributed by atoms with van der Waals surface area (Å²) in [5, 5.41) is 1.94. The predicted octanol–water partition coefficient (Wildman–Crippen LogP) is 3.46. The SMILES string of the molecule is CCOC(=O)C1=C(C)N=c2s/c(=C/c3ccc(I)cc3)c(=O)n2C1c1cccs1. The molecule has 2 aromatic heterocycles. The van der Waals surface area contributed by atoms with Crippen molar-refractivity contribution in [3.8, 4) is 0 Å². The number of thiazole rings is 1. The number of aromatic nitrogens is 1. The van der Waals surface area contributed by atoms with E-state index >= 15 is 0 Å². The third kappa shape index (κ3) is 3.88. The first kappa shape index (κ1) is 20.2. The van der Waals surface area contributed by atoms with Gasteiger partial charge in [0.15, 0.2) is 4.80 Å². The maximum atomic E-state index is 13.3. The van der Waals surface area contributed by atoms with E-state index in [1.165, 1.54) is 22.7 Å². The quantitative estimate of drug-likeness (QED) is 0.379. The number of esters is 1. The molecule has 5 nitrogen and oxygen atoms in total. The van der Waals surface area contributed by atoms with E-state index in [0.717, 1.165) is 14.0 Å². The zero-order chi connectivity index (χ0) is 20.5. The van der Waals surface area contributed by atoms with Gasteiger partial charge in [-0.3, -0.25) is 9.36 Å². The van der Waals surface area contributed by atoms with Crippen LogP contribution in [-0.4, -0.2) is 17.1 Å². The summed E-state index contributed by atoms with van der Waals surface area (Å²) >= 11 is 5.09. The molecule has 0 amide bonds. The molecular weight excluding hydrogens is 519 g/mol. The third-order valence-electron chi connectivity index (χ3n) is 4.50. The van der Waals surface area contributed by atoms with Crippen molar-refractivity contribution < 1.29 is 9.53 Å². The fourth-order valence-corrected chi connectivity index (χ4v) is 5.45. The first-order chi connectivity index (χ1) is 14.0. The van der Waals surface area contributed by atoms with Crippen molar-refractivity contribution in [1.29, 1.82) is 0 Å². The summed E-state index contributed by atoms with van der Waals surface area (Å²) in [5.74, 6) is -0.431. The van der Waals surface area contributed by atoms with Crippen molar-refractivity contribution in [2.45, 2.75) is 19.9 Å². The van der Waals surface area contributed by atoms with Gasteiger partial charge in [-0.2, -0.15) is 0 Å². The molecule has 8 heteroatoms. The zero-order valence-corrected chi connectivity index (χ0v) is 19.5. The number of carbonyl (C=O) groups excluding carboxylic acids is 1. The molecule has 1 aromatic carbocycles. The van der Waals surface area contributed by atoms with Crippen molar-refractivity contribution in [3.63, 3.8) is 0 Å². The van der Waals surface area contributed by atoms with Crippen molar-refractivity contribution in [1.82, 2.24) is 4.57 Å². The second-order valence-corrected chi connectivity index (χ2v) is 9.60. The lowest BCUT2D eigenvalue weighted by Crippen LogP contribution is -2.39. The fraction of sp³-hybridized carbons (Fsp3) is 0.190. The summed E-state index contributed by atoms with van der Waals surface area (Å²) in [6.07, 6.45) is 1.87. The minimum Gasteiger partial charge on any atom is -0.463 e. The molecule has 0 radical (unpaired) electrons. The number of rotatable bonds is 4. The molecule has 4 rings (SSSR count). The molecule has 0 N–H and O–H groups in total. The maximum Gasteiger partial charge on any atom is 0.338 e. The molecule has 3 heterocycles. The van der Waals surface area contributed by atoms with Crippen LogP contribution in [0.1, 0.15) is 30.3 Å². The molecule has 1 unspecified atom stereocenters. The van der Waals surface area contributed by atoms with E-state index in [1.807, 2.05) is 47.9 Å². The Hall–Kier alpha value is -2.04. The first-order valence-electron chi connectivity index (χ1n) is 8.98. The smallest absolute Gasteiger partial charge is 0.338 e. The molecule has 0 saturated heterocycles. The van der Waals surface area contributed by atoms with Gasteiger partial charge in [-0.05, 0) is 71.7 Å². The van der Waals surface area contributed by atoms with Crippen LogP contribution in [-0.2, 0) is 9.53 Å². The van der Waals surface area contributed by atoms with Crippen LogP contribution < -0.4 is 14.9 Å². The standard InChI is InChI=1S/C21H17IN2O3S2/c1-3-27-20(26)17-12(2)23-21-24(18(17)15-5-4-10-28-15)19(25)16(29-21)11-13-6-8-14(22)9-7-13/h4-11,18H,3H2,1-2H3/b16-11+. The molecule has 0 aliphatic carbocycles. The van der Waals surface area contributed by atoms with Crippen molar-refractivity contribution >= 4 is 57.3 Å². The van der Waals surface area contributed by atoms with Gasteiger partial charge in [-0.25, -0.2) is 9.79 Å². The van der Waals surface area contributed by atoms with Crippen LogP contribution >= 0.6 is 45.3 Å². The Morgan fingerprint density at radius 2 is 2.07 bits per heavy atom. The van der Waals surface area contributed by atoms with E-state index in [1.54, 1.807) is 18.4 Å². The van der Waals surface area contributed by atoms with Gasteiger partial charge in [0, 0.05) is 8.45 Å². The Morgan fingerprint density at radius 1 is 1.31 bits per heavy atom. The Morgan fingerprint density at radius 3 is 2.72 bits per heavy atom. The second-order valence-electron chi connectivity index (χ2n) is 6.37. The van der Waals surface area contributed by atoms with Crippen LogP contribution in [0.25, 0.3) is 6.08 Å². The number of benzene rings is 1. The average Bonchev–Trinajstić information content (AvgIpc) is 3.32. The van der Waals surface area contributed by atoms with Crippen LogP contribution in [0, 0.1) is 3.57 Å². The third-order valence-corrected chi connectivity index (χ3v) is 7.12. The highest BCUT2D eigenvalue weighted by Gasteiger charge is 2.33. The normalized spacial score (nSPS) is 16.5. The molecule has 3 aromatic rings. The minimum atomic E-state index is -0.524. The summed E-state index contributed by atoms with van der Waals surface area (Å²) in [5.41, 5.74) is 1.80. The Kier molecular flexibility index (Phi) is 5.84. The lowest BCUT2D eigenvalue weighted by atomic mass is 10.0. The molecule has 0 spiro atoms. The second kappa shape index (κ2) is 8.37. The number of thiophene rings is 1. The number of nitrogens with zero attached hydrogens (tertiary/aromatic N) is 2. The highest BCUT2D eigenvalue weighted by Crippen LogP contribution is 2.33. The molecule has 1 atom stereocenters. The van der Waals surface area contributed by atoms with E-state index in [9.17, 15) is 9.59 Å². The number of allylic oxidation sites excluding steroid dienone is 1. The summed E-state index contributed by atoms with van der Waals surface area (Å²) in [6, 6.07) is 11.3. The van der Waals surface area contributed by atoms with E-state index in [0.29, 0.717) is 20.6 Å². The van der Waals surface area contributed by atoms with E-state index in [2.05, 4.69) is 27.6 Å². The van der Waals surface area contributed by atoms with Crippen LogP contribution in [0.4, 0.5) is 0 Å². The van der Waals surface area contributed by atoms with Gasteiger partial charge in [0.25, 0.3) is 5.56 Å². The largest absolute Gasteiger partial charge is 0.463 e. The monoisotopic (exact) mass is 536 g/mol. The molecule has 148 valence electrons. The highest BCUT2D eigenvalue weighted by atomic mass is 127. The molecule has 29 heavy (non-hydrogen) atoms. The van der Waals surface area contributed by atoms with E-state index in [-0.39, 0.29) is 12.2 Å². The lowest BCUT2D eigenvalue weighted by Gasteiger charge is -2.23. The molecule has 0 saturated carbocycles. The Balaban J connectivity index is 1.93. The fourth-order valence-electron chi connectivity index (χ4n) is 3.22. The molecule has 1 aliphatic heterocycles. The van der Waals surface area contributed by atoms with E-state index in [4.69, 9.17) is 4.74 Å². The van der Waals surface area contributed by atoms with Gasteiger partial charge in [0.1, 0.15) is 6.04 Å².